The van der Waals surface area contributed by atoms with Crippen molar-refractivity contribution in [1.29, 1.82) is 10.5 Å². The Morgan fingerprint density at radius 3 is 2.92 bits per heavy atom. The van der Waals surface area contributed by atoms with Crippen molar-refractivity contribution in [2.24, 2.45) is 11.8 Å². The minimum Gasteiger partial charge on any atom is -0.198 e. The molecule has 1 aliphatic rings. The molecule has 0 N–H and O–H groups in total. The van der Waals surface area contributed by atoms with Gasteiger partial charge < -0.3 is 0 Å². The lowest BCUT2D eigenvalue weighted by molar-refractivity contribution is 0.504. The Morgan fingerprint density at radius 1 is 1.42 bits per heavy atom. The van der Waals surface area contributed by atoms with Crippen molar-refractivity contribution >= 4 is 0 Å². The van der Waals surface area contributed by atoms with Crippen LogP contribution in [-0.4, -0.2) is 0 Å². The van der Waals surface area contributed by atoms with E-state index in [0.29, 0.717) is 0 Å². The Labute approximate surface area is 72.4 Å². The molecule has 0 aliphatic heterocycles. The predicted octanol–water partition coefficient (Wildman–Crippen LogP) is 2.17. The topological polar surface area (TPSA) is 47.6 Å². The van der Waals surface area contributed by atoms with Gasteiger partial charge in [-0.15, -0.1) is 0 Å². The van der Waals surface area contributed by atoms with E-state index in [9.17, 15) is 0 Å². The molecule has 12 heavy (non-hydrogen) atoms. The molecule has 0 heterocycles. The number of hydrogen-bond acceptors (Lipinski definition) is 2. The number of hydrogen-bond donors (Lipinski definition) is 0. The smallest absolute Gasteiger partial charge is 0.0908 e. The molecular weight excluding hydrogens is 148 g/mol. The maximum atomic E-state index is 8.74. The summed E-state index contributed by atoms with van der Waals surface area (Å²) in [5.74, 6) is 0.197. The fourth-order valence-electron chi connectivity index (χ4n) is 1.38. The molecule has 0 unspecified atom stereocenters. The molecule has 0 aromatic heterocycles. The molecule has 2 atom stereocenters. The Morgan fingerprint density at radius 2 is 2.25 bits per heavy atom. The van der Waals surface area contributed by atoms with Crippen LogP contribution in [0.25, 0.3) is 0 Å². The first-order valence-electron chi connectivity index (χ1n) is 4.01. The summed E-state index contributed by atoms with van der Waals surface area (Å²) >= 11 is 0. The third-order valence-electron chi connectivity index (χ3n) is 2.04. The van der Waals surface area contributed by atoms with Crippen LogP contribution in [0.3, 0.4) is 0 Å². The van der Waals surface area contributed by atoms with Crippen LogP contribution < -0.4 is 0 Å². The van der Waals surface area contributed by atoms with E-state index in [1.807, 2.05) is 24.3 Å². The molecule has 0 fully saturated rings. The quantitative estimate of drug-likeness (QED) is 0.433. The monoisotopic (exact) mass is 158 g/mol. The minimum absolute atomic E-state index is 0.0386. The van der Waals surface area contributed by atoms with Crippen molar-refractivity contribution < 1.29 is 0 Å². The first-order chi connectivity index (χ1) is 5.88. The molecule has 0 saturated carbocycles. The van der Waals surface area contributed by atoms with E-state index >= 15 is 0 Å². The third-order valence-corrected chi connectivity index (χ3v) is 2.04. The standard InChI is InChI=1S/C10H10N2/c11-7-3-6-9-4-1-2-5-10(9)8-12/h2-3,5-6,9-10H,1,4H2/b6-3+/t9-,10+/m1/s1. The van der Waals surface area contributed by atoms with Crippen LogP contribution in [0.5, 0.6) is 0 Å². The van der Waals surface area contributed by atoms with Crippen molar-refractivity contribution in [3.8, 4) is 12.1 Å². The molecular formula is C10H10N2. The Bertz CT molecular complexity index is 275. The van der Waals surface area contributed by atoms with Gasteiger partial charge in [0.15, 0.2) is 0 Å². The first-order valence-corrected chi connectivity index (χ1v) is 4.01. The molecule has 2 heteroatoms. The van der Waals surface area contributed by atoms with Gasteiger partial charge in [-0.25, -0.2) is 0 Å². The molecule has 0 aromatic rings. The lowest BCUT2D eigenvalue weighted by atomic mass is 9.85. The van der Waals surface area contributed by atoms with E-state index in [4.69, 9.17) is 10.5 Å². The summed E-state index contributed by atoms with van der Waals surface area (Å²) < 4.78 is 0. The van der Waals surface area contributed by atoms with Crippen molar-refractivity contribution in [3.63, 3.8) is 0 Å². The highest BCUT2D eigenvalue weighted by molar-refractivity contribution is 5.14. The number of allylic oxidation sites excluding steroid dienone is 4. The van der Waals surface area contributed by atoms with Crippen LogP contribution in [-0.2, 0) is 0 Å². The van der Waals surface area contributed by atoms with Crippen molar-refractivity contribution in [2.45, 2.75) is 12.8 Å². The van der Waals surface area contributed by atoms with Crippen molar-refractivity contribution in [1.82, 2.24) is 0 Å². The van der Waals surface area contributed by atoms with Gasteiger partial charge in [0.05, 0.1) is 18.1 Å². The highest BCUT2D eigenvalue weighted by atomic mass is 14.3. The summed E-state index contributed by atoms with van der Waals surface area (Å²) in [5, 5.41) is 17.1. The van der Waals surface area contributed by atoms with E-state index < -0.39 is 0 Å². The van der Waals surface area contributed by atoms with Gasteiger partial charge in [-0.2, -0.15) is 10.5 Å². The van der Waals surface area contributed by atoms with Gasteiger partial charge in [0.2, 0.25) is 0 Å². The molecule has 0 amide bonds. The summed E-state index contributed by atoms with van der Waals surface area (Å²) in [7, 11) is 0. The average Bonchev–Trinajstić information content (AvgIpc) is 2.15. The zero-order valence-corrected chi connectivity index (χ0v) is 6.77. The van der Waals surface area contributed by atoms with Crippen molar-refractivity contribution in [3.05, 3.63) is 24.3 Å². The lowest BCUT2D eigenvalue weighted by Crippen LogP contribution is -2.11. The Kier molecular flexibility index (Phi) is 3.11. The number of rotatable bonds is 1. The third kappa shape index (κ3) is 1.97. The van der Waals surface area contributed by atoms with Gasteiger partial charge in [0.1, 0.15) is 0 Å². The van der Waals surface area contributed by atoms with Crippen molar-refractivity contribution in [2.75, 3.05) is 0 Å². The number of nitriles is 2. The molecule has 0 spiro atoms. The molecule has 0 aromatic carbocycles. The van der Waals surface area contributed by atoms with E-state index in [1.54, 1.807) is 0 Å². The summed E-state index contributed by atoms with van der Waals surface area (Å²) in [6.07, 6.45) is 9.25. The van der Waals surface area contributed by atoms with Gasteiger partial charge in [-0.05, 0) is 18.8 Å². The summed E-state index contributed by atoms with van der Waals surface area (Å²) in [5.41, 5.74) is 0. The Hall–Kier alpha value is -1.54. The van der Waals surface area contributed by atoms with Gasteiger partial charge in [0.25, 0.3) is 0 Å². The van der Waals surface area contributed by atoms with Crippen LogP contribution in [0.2, 0.25) is 0 Å². The maximum Gasteiger partial charge on any atom is 0.0908 e. The van der Waals surface area contributed by atoms with Crippen LogP contribution in [0, 0.1) is 34.5 Å². The van der Waals surface area contributed by atoms with Crippen LogP contribution in [0.15, 0.2) is 24.3 Å². The highest BCUT2D eigenvalue weighted by Crippen LogP contribution is 2.24. The molecule has 0 saturated heterocycles. The summed E-state index contributed by atoms with van der Waals surface area (Å²) in [6.45, 7) is 0. The minimum atomic E-state index is -0.0386. The van der Waals surface area contributed by atoms with Gasteiger partial charge >= 0.3 is 0 Å². The molecule has 60 valence electrons. The molecule has 1 rings (SSSR count). The second kappa shape index (κ2) is 4.36. The van der Waals surface area contributed by atoms with Gasteiger partial charge in [-0.1, -0.05) is 18.2 Å². The zero-order valence-electron chi connectivity index (χ0n) is 6.77. The fourth-order valence-corrected chi connectivity index (χ4v) is 1.38. The normalized spacial score (nSPS) is 28.2. The Balaban J connectivity index is 2.65. The zero-order chi connectivity index (χ0) is 8.81. The largest absolute Gasteiger partial charge is 0.198 e. The first kappa shape index (κ1) is 8.56. The second-order valence-electron chi connectivity index (χ2n) is 2.81. The second-order valence-corrected chi connectivity index (χ2v) is 2.81. The van der Waals surface area contributed by atoms with E-state index in [1.165, 1.54) is 6.08 Å². The SMILES string of the molecule is N#C/C=C/[C@H]1CCC=C[C@H]1C#N. The lowest BCUT2D eigenvalue weighted by Gasteiger charge is -2.18. The van der Waals surface area contributed by atoms with Crippen LogP contribution in [0.1, 0.15) is 12.8 Å². The highest BCUT2D eigenvalue weighted by Gasteiger charge is 2.17. The van der Waals surface area contributed by atoms with E-state index in [-0.39, 0.29) is 11.8 Å². The molecule has 2 nitrogen and oxygen atoms in total. The van der Waals surface area contributed by atoms with E-state index in [0.717, 1.165) is 12.8 Å². The average molecular weight is 158 g/mol. The summed E-state index contributed by atoms with van der Waals surface area (Å²) in [6, 6.07) is 4.16. The summed E-state index contributed by atoms with van der Waals surface area (Å²) in [4.78, 5) is 0. The fraction of sp³-hybridized carbons (Fsp3) is 0.400. The van der Waals surface area contributed by atoms with Gasteiger partial charge in [-0.3, -0.25) is 0 Å². The van der Waals surface area contributed by atoms with E-state index in [2.05, 4.69) is 6.07 Å². The van der Waals surface area contributed by atoms with Crippen LogP contribution >= 0.6 is 0 Å². The number of nitrogens with zero attached hydrogens (tertiary/aromatic N) is 2. The molecule has 1 aliphatic carbocycles. The molecule has 0 bridgehead atoms. The molecule has 0 radical (unpaired) electrons. The predicted molar refractivity (Wildman–Crippen MR) is 45.7 cm³/mol. The van der Waals surface area contributed by atoms with Crippen LogP contribution in [0.4, 0.5) is 0 Å². The maximum absolute atomic E-state index is 8.74. The van der Waals surface area contributed by atoms with Gasteiger partial charge in [0, 0.05) is 6.08 Å².